The molecule has 3 aromatic rings. The molecule has 34 heavy (non-hydrogen) atoms. The predicted octanol–water partition coefficient (Wildman–Crippen LogP) is 2.95. The van der Waals surface area contributed by atoms with E-state index in [1.165, 1.54) is 7.05 Å². The number of nitrogens with zero attached hydrogens (tertiary/aromatic N) is 3. The Balaban J connectivity index is 1.46. The lowest BCUT2D eigenvalue weighted by Crippen LogP contribution is -2.42. The number of hydrogen-bond acceptors (Lipinski definition) is 5. The van der Waals surface area contributed by atoms with Crippen LogP contribution in [0.15, 0.2) is 73.3 Å². The molecule has 2 N–H and O–H groups in total. The molecule has 0 unspecified atom stereocenters. The highest BCUT2D eigenvalue weighted by molar-refractivity contribution is 7.87. The van der Waals surface area contributed by atoms with Crippen molar-refractivity contribution in [2.75, 3.05) is 20.1 Å². The van der Waals surface area contributed by atoms with Gasteiger partial charge >= 0.3 is 10.2 Å². The average molecular weight is 484 g/mol. The fraction of sp³-hybridized carbons (Fsp3) is 0.360. The molecule has 0 aliphatic heterocycles. The highest BCUT2D eigenvalue weighted by Crippen LogP contribution is 2.20. The van der Waals surface area contributed by atoms with E-state index >= 15 is 0 Å². The second-order valence-electron chi connectivity index (χ2n) is 8.69. The number of carbonyl (C=O) groups excluding carboxylic acids is 1. The van der Waals surface area contributed by atoms with E-state index in [-0.39, 0.29) is 12.1 Å². The second kappa shape index (κ2) is 11.4. The van der Waals surface area contributed by atoms with E-state index in [0.29, 0.717) is 12.0 Å². The molecule has 2 aromatic carbocycles. The Bertz CT molecular complexity index is 1150. The summed E-state index contributed by atoms with van der Waals surface area (Å²) in [4.78, 5) is 16.5. The van der Waals surface area contributed by atoms with Crippen LogP contribution in [0.2, 0.25) is 0 Å². The third-order valence-corrected chi connectivity index (χ3v) is 7.22. The largest absolute Gasteiger partial charge is 0.337 e. The standard InChI is InChI=1S/C25H33N5O3S/c1-25(2,27-15-7-18-30-19-17-26-20-30)23-12-10-21(11-13-23)14-16-28-34(32,33)29(3)24(31)22-8-5-4-6-9-22/h4-6,8-13,17,19-20,27-28H,7,14-16,18H2,1-3H3. The van der Waals surface area contributed by atoms with Gasteiger partial charge in [0.05, 0.1) is 6.33 Å². The highest BCUT2D eigenvalue weighted by Gasteiger charge is 2.24. The van der Waals surface area contributed by atoms with Crippen LogP contribution in [0.1, 0.15) is 41.8 Å². The molecule has 1 aromatic heterocycles. The molecular weight excluding hydrogens is 450 g/mol. The lowest BCUT2D eigenvalue weighted by atomic mass is 9.93. The number of hydrogen-bond donors (Lipinski definition) is 2. The van der Waals surface area contributed by atoms with Crippen molar-refractivity contribution in [3.05, 3.63) is 90.0 Å². The number of aryl methyl sites for hydroxylation is 1. The molecule has 1 amide bonds. The van der Waals surface area contributed by atoms with Gasteiger partial charge in [0.15, 0.2) is 0 Å². The van der Waals surface area contributed by atoms with Crippen LogP contribution in [0, 0.1) is 0 Å². The fourth-order valence-corrected chi connectivity index (χ4v) is 4.44. The quantitative estimate of drug-likeness (QED) is 0.386. The van der Waals surface area contributed by atoms with Crippen LogP contribution in [0.4, 0.5) is 0 Å². The first kappa shape index (κ1) is 25.6. The summed E-state index contributed by atoms with van der Waals surface area (Å²) >= 11 is 0. The van der Waals surface area contributed by atoms with Crippen molar-refractivity contribution in [3.8, 4) is 0 Å². The van der Waals surface area contributed by atoms with Gasteiger partial charge in [-0.05, 0) is 56.5 Å². The second-order valence-corrected chi connectivity index (χ2v) is 10.5. The Morgan fingerprint density at radius 1 is 1.06 bits per heavy atom. The lowest BCUT2D eigenvalue weighted by molar-refractivity contribution is 0.0882. The molecule has 0 spiro atoms. The molecule has 8 nitrogen and oxygen atoms in total. The molecule has 0 aliphatic rings. The summed E-state index contributed by atoms with van der Waals surface area (Å²) in [5.41, 5.74) is 2.31. The summed E-state index contributed by atoms with van der Waals surface area (Å²) in [7, 11) is -2.66. The minimum atomic E-state index is -3.92. The maximum Gasteiger partial charge on any atom is 0.303 e. The lowest BCUT2D eigenvalue weighted by Gasteiger charge is -2.27. The number of carbonyl (C=O) groups is 1. The molecule has 0 saturated carbocycles. The Hall–Kier alpha value is -3.01. The topological polar surface area (TPSA) is 96.3 Å². The van der Waals surface area contributed by atoms with Crippen LogP contribution in [-0.2, 0) is 28.7 Å². The minimum absolute atomic E-state index is 0.185. The number of aromatic nitrogens is 2. The number of rotatable bonds is 12. The van der Waals surface area contributed by atoms with Crippen molar-refractivity contribution < 1.29 is 13.2 Å². The van der Waals surface area contributed by atoms with E-state index in [0.717, 1.165) is 34.9 Å². The van der Waals surface area contributed by atoms with Gasteiger partial charge in [0.1, 0.15) is 0 Å². The predicted molar refractivity (Wildman–Crippen MR) is 133 cm³/mol. The first-order valence-electron chi connectivity index (χ1n) is 11.3. The van der Waals surface area contributed by atoms with Crippen LogP contribution in [-0.4, -0.2) is 48.3 Å². The molecular formula is C25H33N5O3S. The van der Waals surface area contributed by atoms with E-state index in [9.17, 15) is 13.2 Å². The van der Waals surface area contributed by atoms with Crippen molar-refractivity contribution in [1.82, 2.24) is 23.9 Å². The maximum absolute atomic E-state index is 12.5. The summed E-state index contributed by atoms with van der Waals surface area (Å²) in [5, 5.41) is 3.59. The Morgan fingerprint density at radius 2 is 1.76 bits per heavy atom. The van der Waals surface area contributed by atoms with E-state index in [2.05, 4.69) is 45.6 Å². The van der Waals surface area contributed by atoms with Crippen molar-refractivity contribution in [1.29, 1.82) is 0 Å². The van der Waals surface area contributed by atoms with Gasteiger partial charge in [0, 0.05) is 43.6 Å². The van der Waals surface area contributed by atoms with Gasteiger partial charge in [0.2, 0.25) is 0 Å². The molecule has 0 bridgehead atoms. The molecule has 0 atom stereocenters. The SMILES string of the molecule is CN(C(=O)c1ccccc1)S(=O)(=O)NCCc1ccc(C(C)(C)NCCCn2ccnc2)cc1. The fourth-order valence-electron chi connectivity index (χ4n) is 3.56. The smallest absolute Gasteiger partial charge is 0.303 e. The van der Waals surface area contributed by atoms with Gasteiger partial charge < -0.3 is 9.88 Å². The van der Waals surface area contributed by atoms with Crippen LogP contribution < -0.4 is 10.0 Å². The van der Waals surface area contributed by atoms with Crippen molar-refractivity contribution >= 4 is 16.1 Å². The Kier molecular flexibility index (Phi) is 8.60. The summed E-state index contributed by atoms with van der Waals surface area (Å²) in [5.74, 6) is -0.572. The first-order valence-corrected chi connectivity index (χ1v) is 12.8. The minimum Gasteiger partial charge on any atom is -0.337 e. The Labute approximate surface area is 202 Å². The molecule has 182 valence electrons. The number of imidazole rings is 1. The van der Waals surface area contributed by atoms with Crippen molar-refractivity contribution in [2.45, 2.75) is 38.8 Å². The number of benzene rings is 2. The molecule has 0 fully saturated rings. The van der Waals surface area contributed by atoms with Crippen LogP contribution in [0.5, 0.6) is 0 Å². The maximum atomic E-state index is 12.5. The molecule has 0 saturated heterocycles. The molecule has 3 rings (SSSR count). The van der Waals surface area contributed by atoms with Gasteiger partial charge in [-0.25, -0.2) is 9.29 Å². The molecule has 0 radical (unpaired) electrons. The zero-order chi connectivity index (χ0) is 24.6. The Morgan fingerprint density at radius 3 is 2.41 bits per heavy atom. The van der Waals surface area contributed by atoms with Crippen LogP contribution in [0.3, 0.4) is 0 Å². The van der Waals surface area contributed by atoms with E-state index in [1.54, 1.807) is 36.5 Å². The van der Waals surface area contributed by atoms with Crippen molar-refractivity contribution in [3.63, 3.8) is 0 Å². The zero-order valence-electron chi connectivity index (χ0n) is 19.9. The summed E-state index contributed by atoms with van der Waals surface area (Å²) < 4.78 is 30.3. The molecule has 9 heteroatoms. The highest BCUT2D eigenvalue weighted by atomic mass is 32.2. The van der Waals surface area contributed by atoms with Gasteiger partial charge in [-0.1, -0.05) is 42.5 Å². The number of nitrogens with one attached hydrogen (secondary N) is 2. The van der Waals surface area contributed by atoms with E-state index in [4.69, 9.17) is 0 Å². The monoisotopic (exact) mass is 483 g/mol. The van der Waals surface area contributed by atoms with Gasteiger partial charge in [-0.15, -0.1) is 0 Å². The molecule has 0 aliphatic carbocycles. The third-order valence-electron chi connectivity index (χ3n) is 5.76. The van der Waals surface area contributed by atoms with E-state index in [1.807, 2.05) is 24.7 Å². The third kappa shape index (κ3) is 6.99. The van der Waals surface area contributed by atoms with Gasteiger partial charge in [0.25, 0.3) is 5.91 Å². The van der Waals surface area contributed by atoms with Crippen molar-refractivity contribution in [2.24, 2.45) is 0 Å². The average Bonchev–Trinajstić information content (AvgIpc) is 3.35. The van der Waals surface area contributed by atoms with Gasteiger partial charge in [-0.2, -0.15) is 13.1 Å². The summed E-state index contributed by atoms with van der Waals surface area (Å²) in [6.45, 7) is 6.29. The normalized spacial score (nSPS) is 12.0. The summed E-state index contributed by atoms with van der Waals surface area (Å²) in [6, 6.07) is 16.5. The van der Waals surface area contributed by atoms with Crippen LogP contribution in [0.25, 0.3) is 0 Å². The van der Waals surface area contributed by atoms with E-state index < -0.39 is 16.1 Å². The molecule has 1 heterocycles. The number of amides is 1. The first-order chi connectivity index (χ1) is 16.2. The van der Waals surface area contributed by atoms with Gasteiger partial charge in [-0.3, -0.25) is 4.79 Å². The van der Waals surface area contributed by atoms with Crippen LogP contribution >= 0.6 is 0 Å². The zero-order valence-corrected chi connectivity index (χ0v) is 20.8. The summed E-state index contributed by atoms with van der Waals surface area (Å²) in [6.07, 6.45) is 7.09.